The summed E-state index contributed by atoms with van der Waals surface area (Å²) in [5.41, 5.74) is 1.81. The predicted molar refractivity (Wildman–Crippen MR) is 96.4 cm³/mol. The molecule has 0 N–H and O–H groups in total. The third kappa shape index (κ3) is 3.82. The van der Waals surface area contributed by atoms with Crippen molar-refractivity contribution >= 4 is 17.5 Å². The molecule has 0 saturated carbocycles. The molecular weight excluding hydrogens is 316 g/mol. The second-order valence-electron chi connectivity index (χ2n) is 6.20. The van der Waals surface area contributed by atoms with Gasteiger partial charge in [0.05, 0.1) is 5.69 Å². The lowest BCUT2D eigenvalue weighted by Crippen LogP contribution is -2.45. The number of nitrogens with zero attached hydrogens (tertiary/aromatic N) is 2. The van der Waals surface area contributed by atoms with E-state index in [9.17, 15) is 9.59 Å². The fraction of sp³-hybridized carbons (Fsp3) is 0.300. The number of para-hydroxylation sites is 2. The first-order valence-corrected chi connectivity index (χ1v) is 8.41. The van der Waals surface area contributed by atoms with Crippen molar-refractivity contribution in [1.82, 2.24) is 4.90 Å². The van der Waals surface area contributed by atoms with E-state index in [1.165, 1.54) is 0 Å². The van der Waals surface area contributed by atoms with E-state index < -0.39 is 6.10 Å². The molecule has 1 aliphatic rings. The van der Waals surface area contributed by atoms with Crippen LogP contribution in [0.2, 0.25) is 0 Å². The summed E-state index contributed by atoms with van der Waals surface area (Å²) in [6, 6.07) is 17.3. The van der Waals surface area contributed by atoms with Crippen LogP contribution in [0.15, 0.2) is 54.6 Å². The van der Waals surface area contributed by atoms with Crippen LogP contribution in [0.25, 0.3) is 0 Å². The molecule has 5 heteroatoms. The zero-order valence-electron chi connectivity index (χ0n) is 14.5. The normalized spacial score (nSPS) is 16.2. The zero-order valence-corrected chi connectivity index (χ0v) is 14.5. The molecule has 1 unspecified atom stereocenters. The summed E-state index contributed by atoms with van der Waals surface area (Å²) in [6.45, 7) is 2.64. The Morgan fingerprint density at radius 1 is 1.12 bits per heavy atom. The van der Waals surface area contributed by atoms with Crippen molar-refractivity contribution in [1.29, 1.82) is 0 Å². The highest BCUT2D eigenvalue weighted by atomic mass is 16.5. The van der Waals surface area contributed by atoms with Crippen molar-refractivity contribution in [2.45, 2.75) is 26.0 Å². The SMILES string of the molecule is CC1Oc2ccccc2N(CCC(=O)N(C)Cc2ccccc2)C1=O. The lowest BCUT2D eigenvalue weighted by molar-refractivity contribution is -0.130. The van der Waals surface area contributed by atoms with Gasteiger partial charge in [0.25, 0.3) is 5.91 Å². The van der Waals surface area contributed by atoms with Crippen LogP contribution in [0.5, 0.6) is 5.75 Å². The van der Waals surface area contributed by atoms with Gasteiger partial charge in [0.1, 0.15) is 5.75 Å². The maximum Gasteiger partial charge on any atom is 0.267 e. The maximum atomic E-state index is 12.4. The molecule has 0 bridgehead atoms. The van der Waals surface area contributed by atoms with Gasteiger partial charge >= 0.3 is 0 Å². The molecule has 1 atom stereocenters. The highest BCUT2D eigenvalue weighted by molar-refractivity contribution is 6.00. The molecule has 2 amide bonds. The van der Waals surface area contributed by atoms with Crippen molar-refractivity contribution in [2.24, 2.45) is 0 Å². The summed E-state index contributed by atoms with van der Waals surface area (Å²) in [6.07, 6.45) is -0.261. The molecular formula is C20H22N2O3. The molecule has 0 radical (unpaired) electrons. The van der Waals surface area contributed by atoms with E-state index in [0.717, 1.165) is 11.3 Å². The molecule has 0 spiro atoms. The fourth-order valence-corrected chi connectivity index (χ4v) is 2.93. The topological polar surface area (TPSA) is 49.9 Å². The summed E-state index contributed by atoms with van der Waals surface area (Å²) in [7, 11) is 1.78. The maximum absolute atomic E-state index is 12.4. The quantitative estimate of drug-likeness (QED) is 0.842. The minimum atomic E-state index is -0.535. The summed E-state index contributed by atoms with van der Waals surface area (Å²) in [5.74, 6) is 0.574. The molecule has 25 heavy (non-hydrogen) atoms. The van der Waals surface area contributed by atoms with E-state index in [-0.39, 0.29) is 18.2 Å². The highest BCUT2D eigenvalue weighted by Crippen LogP contribution is 2.33. The van der Waals surface area contributed by atoms with Crippen molar-refractivity contribution in [2.75, 3.05) is 18.5 Å². The number of ether oxygens (including phenoxy) is 1. The molecule has 0 fully saturated rings. The second-order valence-corrected chi connectivity index (χ2v) is 6.20. The van der Waals surface area contributed by atoms with Gasteiger partial charge in [0.2, 0.25) is 5.91 Å². The zero-order chi connectivity index (χ0) is 17.8. The van der Waals surface area contributed by atoms with E-state index in [1.54, 1.807) is 23.8 Å². The average molecular weight is 338 g/mol. The standard InChI is InChI=1S/C20H22N2O3/c1-15-20(24)22(17-10-6-7-11-18(17)25-15)13-12-19(23)21(2)14-16-8-4-3-5-9-16/h3-11,15H,12-14H2,1-2H3. The van der Waals surface area contributed by atoms with Crippen LogP contribution < -0.4 is 9.64 Å². The van der Waals surface area contributed by atoms with Gasteiger partial charge in [-0.05, 0) is 24.6 Å². The number of hydrogen-bond donors (Lipinski definition) is 0. The summed E-state index contributed by atoms with van der Waals surface area (Å²) in [4.78, 5) is 28.2. The lowest BCUT2D eigenvalue weighted by Gasteiger charge is -2.33. The van der Waals surface area contributed by atoms with Gasteiger partial charge < -0.3 is 14.5 Å². The van der Waals surface area contributed by atoms with Crippen LogP contribution in [0.4, 0.5) is 5.69 Å². The van der Waals surface area contributed by atoms with Gasteiger partial charge in [-0.3, -0.25) is 9.59 Å². The Hall–Kier alpha value is -2.82. The lowest BCUT2D eigenvalue weighted by atomic mass is 10.1. The first-order chi connectivity index (χ1) is 12.1. The molecule has 0 aliphatic carbocycles. The minimum Gasteiger partial charge on any atom is -0.479 e. The van der Waals surface area contributed by atoms with Crippen LogP contribution in [0, 0.1) is 0 Å². The van der Waals surface area contributed by atoms with Gasteiger partial charge in [-0.1, -0.05) is 42.5 Å². The number of anilines is 1. The molecule has 5 nitrogen and oxygen atoms in total. The Kier molecular flexibility index (Phi) is 5.03. The van der Waals surface area contributed by atoms with Crippen molar-refractivity contribution in [3.05, 3.63) is 60.2 Å². The first-order valence-electron chi connectivity index (χ1n) is 8.41. The monoisotopic (exact) mass is 338 g/mol. The molecule has 2 aromatic rings. The number of carbonyl (C=O) groups excluding carboxylic acids is 2. The molecule has 0 saturated heterocycles. The number of rotatable bonds is 5. The van der Waals surface area contributed by atoms with E-state index >= 15 is 0 Å². The molecule has 0 aromatic heterocycles. The number of hydrogen-bond acceptors (Lipinski definition) is 3. The number of benzene rings is 2. The van der Waals surface area contributed by atoms with Gasteiger partial charge in [-0.25, -0.2) is 0 Å². The fourth-order valence-electron chi connectivity index (χ4n) is 2.93. The Morgan fingerprint density at radius 2 is 1.80 bits per heavy atom. The molecule has 1 heterocycles. The highest BCUT2D eigenvalue weighted by Gasteiger charge is 2.31. The molecule has 2 aromatic carbocycles. The third-order valence-corrected chi connectivity index (χ3v) is 4.31. The summed E-state index contributed by atoms with van der Waals surface area (Å²) >= 11 is 0. The first kappa shape index (κ1) is 17.0. The number of carbonyl (C=O) groups is 2. The summed E-state index contributed by atoms with van der Waals surface area (Å²) in [5, 5.41) is 0. The van der Waals surface area contributed by atoms with Crippen LogP contribution in [0.3, 0.4) is 0 Å². The van der Waals surface area contributed by atoms with Gasteiger partial charge in [-0.15, -0.1) is 0 Å². The molecule has 1 aliphatic heterocycles. The van der Waals surface area contributed by atoms with Crippen LogP contribution >= 0.6 is 0 Å². The Labute approximate surface area is 147 Å². The number of fused-ring (bicyclic) bond motifs is 1. The minimum absolute atomic E-state index is 0.00767. The van der Waals surface area contributed by atoms with E-state index in [0.29, 0.717) is 18.8 Å². The van der Waals surface area contributed by atoms with Crippen LogP contribution in [-0.2, 0) is 16.1 Å². The largest absolute Gasteiger partial charge is 0.479 e. The Morgan fingerprint density at radius 3 is 2.56 bits per heavy atom. The molecule has 130 valence electrons. The van der Waals surface area contributed by atoms with E-state index in [2.05, 4.69) is 0 Å². The smallest absolute Gasteiger partial charge is 0.267 e. The van der Waals surface area contributed by atoms with Gasteiger partial charge in [0, 0.05) is 26.6 Å². The van der Waals surface area contributed by atoms with Crippen molar-refractivity contribution in [3.63, 3.8) is 0 Å². The van der Waals surface area contributed by atoms with Crippen molar-refractivity contribution in [3.8, 4) is 5.75 Å². The van der Waals surface area contributed by atoms with Crippen LogP contribution in [0.1, 0.15) is 18.9 Å². The predicted octanol–water partition coefficient (Wildman–Crippen LogP) is 2.85. The second kappa shape index (κ2) is 7.38. The van der Waals surface area contributed by atoms with Gasteiger partial charge in [0.15, 0.2) is 6.10 Å². The van der Waals surface area contributed by atoms with Crippen molar-refractivity contribution < 1.29 is 14.3 Å². The van der Waals surface area contributed by atoms with E-state index in [4.69, 9.17) is 4.74 Å². The number of amides is 2. The van der Waals surface area contributed by atoms with E-state index in [1.807, 2.05) is 54.6 Å². The Bertz CT molecular complexity index is 761. The molecule has 3 rings (SSSR count). The van der Waals surface area contributed by atoms with Crippen LogP contribution in [-0.4, -0.2) is 36.4 Å². The average Bonchev–Trinajstić information content (AvgIpc) is 2.62. The third-order valence-electron chi connectivity index (χ3n) is 4.31. The van der Waals surface area contributed by atoms with Gasteiger partial charge in [-0.2, -0.15) is 0 Å². The summed E-state index contributed by atoms with van der Waals surface area (Å²) < 4.78 is 5.62. The Balaban J connectivity index is 1.64.